The topological polar surface area (TPSA) is 115 Å². The molecule has 2 N–H and O–H groups in total. The van der Waals surface area contributed by atoms with Crippen LogP contribution in [0.4, 0.5) is 0 Å². The highest BCUT2D eigenvalue weighted by Crippen LogP contribution is 2.40. The van der Waals surface area contributed by atoms with Crippen LogP contribution < -0.4 is 0 Å². The van der Waals surface area contributed by atoms with Gasteiger partial charge in [-0.25, -0.2) is 9.67 Å². The molecule has 3 aromatic heterocycles. The van der Waals surface area contributed by atoms with E-state index in [0.717, 1.165) is 9.79 Å². The number of methoxy groups -OCH3 is 1. The molecule has 3 aromatic rings. The maximum absolute atomic E-state index is 10.9. The maximum Gasteiger partial charge on any atom is 0.147 e. The third-order valence-electron chi connectivity index (χ3n) is 4.78. The Balaban J connectivity index is 1.64. The predicted molar refractivity (Wildman–Crippen MR) is 120 cm³/mol. The molecule has 1 aliphatic heterocycles. The van der Waals surface area contributed by atoms with Crippen molar-refractivity contribution in [3.63, 3.8) is 0 Å². The minimum Gasteiger partial charge on any atom is -0.394 e. The number of thioether (sulfide) groups is 2. The van der Waals surface area contributed by atoms with E-state index in [9.17, 15) is 10.2 Å². The second-order valence-corrected chi connectivity index (χ2v) is 9.94. The number of aromatic nitrogens is 5. The zero-order valence-electron chi connectivity index (χ0n) is 16.5. The largest absolute Gasteiger partial charge is 0.394 e. The summed E-state index contributed by atoms with van der Waals surface area (Å²) in [4.78, 5) is 10.4. The Kier molecular flexibility index (Phi) is 7.49. The number of aliphatic hydroxyl groups is 2. The Bertz CT molecular complexity index is 1020. The maximum atomic E-state index is 10.9. The van der Waals surface area contributed by atoms with Gasteiger partial charge >= 0.3 is 0 Å². The molecule has 31 heavy (non-hydrogen) atoms. The van der Waals surface area contributed by atoms with Crippen molar-refractivity contribution >= 4 is 46.5 Å². The summed E-state index contributed by atoms with van der Waals surface area (Å²) in [5.41, 5.74) is 0.0171. The quantitative estimate of drug-likeness (QED) is 0.468. The van der Waals surface area contributed by atoms with Crippen LogP contribution in [0.25, 0.3) is 10.7 Å². The number of rotatable bonds is 7. The molecule has 0 spiro atoms. The van der Waals surface area contributed by atoms with Gasteiger partial charge in [-0.2, -0.15) is 0 Å². The van der Waals surface area contributed by atoms with E-state index < -0.39 is 29.8 Å². The van der Waals surface area contributed by atoms with Gasteiger partial charge in [0.05, 0.1) is 12.8 Å². The van der Waals surface area contributed by atoms with Crippen LogP contribution in [0.2, 0.25) is 5.15 Å². The van der Waals surface area contributed by atoms with Gasteiger partial charge in [-0.15, -0.1) is 28.2 Å². The molecule has 0 radical (unpaired) electrons. The summed E-state index contributed by atoms with van der Waals surface area (Å²) in [6.07, 6.45) is 4.75. The molecule has 0 aromatic carbocycles. The number of pyridine rings is 1. The molecule has 5 atom stereocenters. The highest BCUT2D eigenvalue weighted by molar-refractivity contribution is 8.00. The van der Waals surface area contributed by atoms with Crippen molar-refractivity contribution in [1.82, 2.24) is 25.0 Å². The number of halogens is 1. The monoisotopic (exact) mass is 501 g/mol. The first-order valence-corrected chi connectivity index (χ1v) is 12.6. The third kappa shape index (κ3) is 4.91. The second-order valence-electron chi connectivity index (χ2n) is 6.64. The number of ether oxygens (including phenoxy) is 2. The van der Waals surface area contributed by atoms with E-state index in [1.165, 1.54) is 23.1 Å². The van der Waals surface area contributed by atoms with Crippen molar-refractivity contribution in [2.75, 3.05) is 20.0 Å². The average Bonchev–Trinajstić information content (AvgIpc) is 3.43. The summed E-state index contributed by atoms with van der Waals surface area (Å²) in [5, 5.41) is 31.8. The Hall–Kier alpha value is -1.25. The van der Waals surface area contributed by atoms with E-state index >= 15 is 0 Å². The lowest BCUT2D eigenvalue weighted by Crippen LogP contribution is -2.55. The minimum atomic E-state index is -1.06. The van der Waals surface area contributed by atoms with E-state index in [4.69, 9.17) is 21.1 Å². The molecule has 1 fully saturated rings. The van der Waals surface area contributed by atoms with Crippen LogP contribution in [0.1, 0.15) is 6.04 Å². The van der Waals surface area contributed by atoms with Crippen molar-refractivity contribution in [2.24, 2.45) is 0 Å². The van der Waals surface area contributed by atoms with Gasteiger partial charge in [0, 0.05) is 34.7 Å². The van der Waals surface area contributed by atoms with Crippen LogP contribution in [-0.2, 0) is 9.47 Å². The lowest BCUT2D eigenvalue weighted by Gasteiger charge is -2.43. The smallest absolute Gasteiger partial charge is 0.147 e. The fourth-order valence-electron chi connectivity index (χ4n) is 3.31. The van der Waals surface area contributed by atoms with Gasteiger partial charge in [0.2, 0.25) is 0 Å². The summed E-state index contributed by atoms with van der Waals surface area (Å²) >= 11 is 10.3. The van der Waals surface area contributed by atoms with Crippen LogP contribution in [0.3, 0.4) is 0 Å². The number of nitrogens with zero attached hydrogens (tertiary/aromatic N) is 5. The van der Waals surface area contributed by atoms with Gasteiger partial charge < -0.3 is 19.7 Å². The van der Waals surface area contributed by atoms with Crippen LogP contribution in [0.5, 0.6) is 0 Å². The first-order valence-electron chi connectivity index (χ1n) is 9.20. The van der Waals surface area contributed by atoms with E-state index in [1.54, 1.807) is 47.5 Å². The molecular formula is C18H20ClN5O4S3. The second kappa shape index (κ2) is 10.1. The van der Waals surface area contributed by atoms with E-state index in [-0.39, 0.29) is 6.61 Å². The zero-order chi connectivity index (χ0) is 22.0. The SMILES string of the molecule is COC1C(Sc2cncc(SC)c2)OC(CO)C(O)C1n1cc(-c2nc(Cl)cs2)nn1. The molecule has 1 saturated heterocycles. The lowest BCUT2D eigenvalue weighted by molar-refractivity contribution is -0.186. The van der Waals surface area contributed by atoms with Crippen molar-refractivity contribution in [3.05, 3.63) is 35.2 Å². The minimum absolute atomic E-state index is 0.349. The Morgan fingerprint density at radius 2 is 2.16 bits per heavy atom. The Morgan fingerprint density at radius 3 is 2.84 bits per heavy atom. The van der Waals surface area contributed by atoms with Crippen LogP contribution in [0, 0.1) is 0 Å². The highest BCUT2D eigenvalue weighted by Gasteiger charge is 2.47. The summed E-state index contributed by atoms with van der Waals surface area (Å²) in [6, 6.07) is 1.37. The normalized spacial score (nSPS) is 26.3. The summed E-state index contributed by atoms with van der Waals surface area (Å²) < 4.78 is 13.3. The Morgan fingerprint density at radius 1 is 1.35 bits per heavy atom. The summed E-state index contributed by atoms with van der Waals surface area (Å²) in [7, 11) is 1.55. The molecule has 0 saturated carbocycles. The molecule has 9 nitrogen and oxygen atoms in total. The average molecular weight is 502 g/mol. The number of hydrogen-bond acceptors (Lipinski definition) is 11. The summed E-state index contributed by atoms with van der Waals surface area (Å²) in [5.74, 6) is 0. The molecule has 0 aliphatic carbocycles. The third-order valence-corrected chi connectivity index (χ3v) is 7.77. The van der Waals surface area contributed by atoms with Crippen LogP contribution >= 0.6 is 46.5 Å². The molecule has 0 amide bonds. The van der Waals surface area contributed by atoms with Gasteiger partial charge in [-0.05, 0) is 12.3 Å². The highest BCUT2D eigenvalue weighted by atomic mass is 35.5. The van der Waals surface area contributed by atoms with Crippen molar-refractivity contribution < 1.29 is 19.7 Å². The van der Waals surface area contributed by atoms with Gasteiger partial charge in [0.25, 0.3) is 0 Å². The molecule has 13 heteroatoms. The molecule has 4 heterocycles. The van der Waals surface area contributed by atoms with E-state index in [2.05, 4.69) is 20.3 Å². The number of thiazole rings is 1. The predicted octanol–water partition coefficient (Wildman–Crippen LogP) is 2.60. The molecule has 166 valence electrons. The van der Waals surface area contributed by atoms with Crippen molar-refractivity contribution in [2.45, 2.75) is 39.6 Å². The fraction of sp³-hybridized carbons (Fsp3) is 0.444. The first kappa shape index (κ1) is 22.9. The zero-order valence-corrected chi connectivity index (χ0v) is 19.7. The van der Waals surface area contributed by atoms with E-state index in [1.807, 2.05) is 12.3 Å². The van der Waals surface area contributed by atoms with Gasteiger partial charge in [0.15, 0.2) is 0 Å². The van der Waals surface area contributed by atoms with Gasteiger partial charge in [-0.1, -0.05) is 28.6 Å². The van der Waals surface area contributed by atoms with Gasteiger partial charge in [0.1, 0.15) is 45.6 Å². The fourth-order valence-corrected chi connectivity index (χ4v) is 5.88. The summed E-state index contributed by atoms with van der Waals surface area (Å²) in [6.45, 7) is -0.349. The van der Waals surface area contributed by atoms with Gasteiger partial charge in [-0.3, -0.25) is 4.98 Å². The molecule has 4 rings (SSSR count). The Labute approximate surface area is 196 Å². The van der Waals surface area contributed by atoms with Crippen LogP contribution in [-0.4, -0.2) is 78.9 Å². The van der Waals surface area contributed by atoms with Crippen molar-refractivity contribution in [1.29, 1.82) is 0 Å². The lowest BCUT2D eigenvalue weighted by atomic mass is 9.97. The molecular weight excluding hydrogens is 482 g/mol. The molecule has 0 bridgehead atoms. The van der Waals surface area contributed by atoms with Crippen LogP contribution in [0.15, 0.2) is 39.8 Å². The van der Waals surface area contributed by atoms with E-state index in [0.29, 0.717) is 15.9 Å². The molecule has 1 aliphatic rings. The first-order chi connectivity index (χ1) is 15.0. The number of aliphatic hydroxyl groups excluding tert-OH is 2. The number of hydrogen-bond donors (Lipinski definition) is 2. The molecule has 5 unspecified atom stereocenters. The van der Waals surface area contributed by atoms with Crippen molar-refractivity contribution in [3.8, 4) is 10.7 Å². The standard InChI is InChI=1S/C18H20ClN5O4S3/c1-27-16-14(24-6-11(22-23-24)17-21-13(19)8-30-17)15(26)12(7-25)28-18(16)31-10-3-9(29-2)4-20-5-10/h3-6,8,12,14-16,18,25-26H,7H2,1-2H3.